The molecule has 1 rings (SSSR count). The molecule has 0 bridgehead atoms. The molecule has 0 radical (unpaired) electrons. The molecule has 0 aliphatic heterocycles. The van der Waals surface area contributed by atoms with Gasteiger partial charge in [0.05, 0.1) is 0 Å². The second-order valence-corrected chi connectivity index (χ2v) is 5.14. The molecule has 0 spiro atoms. The molecule has 1 aromatic rings. The minimum atomic E-state index is -3.83. The van der Waals surface area contributed by atoms with Crippen LogP contribution in [0.3, 0.4) is 0 Å². The average molecular weight is 260 g/mol. The van der Waals surface area contributed by atoms with Gasteiger partial charge in [-0.25, -0.2) is 18.2 Å². The fraction of sp³-hybridized carbons (Fsp3) is 0.400. The average Bonchev–Trinajstić information content (AvgIpc) is 2.30. The Morgan fingerprint density at radius 1 is 1.60 bits per heavy atom. The summed E-state index contributed by atoms with van der Waals surface area (Å²) in [6.45, 7) is 1.26. The number of nitrogens with two attached hydrogens (primary N) is 1. The predicted octanol–water partition coefficient (Wildman–Crippen LogP) is -2.07. The molecular weight excluding hydrogens is 251 g/mol. The number of carbonyl (C=O) groups excluding carboxylic acids is 1. The first-order valence-corrected chi connectivity index (χ1v) is 5.79. The Morgan fingerprint density at radius 3 is 2.47 bits per heavy atom. The zero-order valence-corrected chi connectivity index (χ0v) is 9.09. The van der Waals surface area contributed by atoms with E-state index >= 15 is 0 Å². The van der Waals surface area contributed by atoms with Crippen LogP contribution in [-0.2, 0) is 21.9 Å². The second-order valence-electron chi connectivity index (χ2n) is 2.45. The van der Waals surface area contributed by atoms with Crippen molar-refractivity contribution >= 4 is 56.8 Å². The number of hydrogen-bond acceptors (Lipinski definition) is 5. The van der Waals surface area contributed by atoms with Gasteiger partial charge in [-0.15, -0.1) is 5.10 Å². The van der Waals surface area contributed by atoms with Crippen LogP contribution in [0.2, 0.25) is 0 Å². The quantitative estimate of drug-likeness (QED) is 0.585. The molecule has 10 heteroatoms. The number of carbonyl (C=O) groups is 1. The van der Waals surface area contributed by atoms with Crippen molar-refractivity contribution in [3.8, 4) is 0 Å². The van der Waals surface area contributed by atoms with E-state index in [9.17, 15) is 13.2 Å². The number of rotatable bonds is 1. The van der Waals surface area contributed by atoms with E-state index in [-0.39, 0.29) is 38.7 Å². The van der Waals surface area contributed by atoms with E-state index in [2.05, 4.69) is 10.1 Å². The summed E-state index contributed by atoms with van der Waals surface area (Å²) in [5.74, 6) is -0.426. The molecule has 15 heavy (non-hydrogen) atoms. The van der Waals surface area contributed by atoms with Crippen LogP contribution in [0.25, 0.3) is 0 Å². The van der Waals surface area contributed by atoms with Crippen molar-refractivity contribution in [3.05, 3.63) is 4.80 Å². The topological polar surface area (TPSA) is 107 Å². The first kappa shape index (κ1) is 14.9. The third-order valence-electron chi connectivity index (χ3n) is 1.18. The van der Waals surface area contributed by atoms with Crippen molar-refractivity contribution in [3.63, 3.8) is 0 Å². The van der Waals surface area contributed by atoms with Crippen molar-refractivity contribution in [2.45, 2.75) is 11.3 Å². The van der Waals surface area contributed by atoms with E-state index in [0.717, 1.165) is 11.3 Å². The van der Waals surface area contributed by atoms with Crippen LogP contribution in [0.15, 0.2) is 9.33 Å². The van der Waals surface area contributed by atoms with Crippen LogP contribution in [0.4, 0.5) is 0 Å². The molecule has 1 amide bonds. The van der Waals surface area contributed by atoms with Crippen LogP contribution in [0, 0.1) is 0 Å². The van der Waals surface area contributed by atoms with Crippen LogP contribution >= 0.6 is 11.3 Å². The fourth-order valence-corrected chi connectivity index (χ4v) is 2.27. The molecule has 0 aromatic carbocycles. The molecule has 7 nitrogen and oxygen atoms in total. The Morgan fingerprint density at radius 2 is 2.13 bits per heavy atom. The van der Waals surface area contributed by atoms with Gasteiger partial charge in [-0.1, -0.05) is 11.3 Å². The van der Waals surface area contributed by atoms with Crippen molar-refractivity contribution in [2.24, 2.45) is 17.2 Å². The van der Waals surface area contributed by atoms with Gasteiger partial charge in [0.15, 0.2) is 0 Å². The summed E-state index contributed by atoms with van der Waals surface area (Å²) in [6, 6.07) is 0. The molecule has 0 atom stereocenters. The third-order valence-corrected chi connectivity index (χ3v) is 3.49. The van der Waals surface area contributed by atoms with Gasteiger partial charge < -0.3 is 0 Å². The first-order chi connectivity index (χ1) is 6.30. The molecule has 0 aliphatic rings. The number of hydrogen-bond donors (Lipinski definition) is 1. The van der Waals surface area contributed by atoms with Crippen LogP contribution in [0.5, 0.6) is 0 Å². The molecule has 0 aliphatic carbocycles. The zero-order valence-electron chi connectivity index (χ0n) is 7.46. The molecular formula is C5H9N4NaO3S2. The summed E-state index contributed by atoms with van der Waals surface area (Å²) in [5.41, 5.74) is 0. The maximum atomic E-state index is 10.9. The predicted molar refractivity (Wildman–Crippen MR) is 55.9 cm³/mol. The van der Waals surface area contributed by atoms with Crippen molar-refractivity contribution < 1.29 is 13.2 Å². The van der Waals surface area contributed by atoms with Gasteiger partial charge in [0.25, 0.3) is 10.0 Å². The summed E-state index contributed by atoms with van der Waals surface area (Å²) in [4.78, 5) is 14.4. The molecule has 80 valence electrons. The van der Waals surface area contributed by atoms with E-state index in [1.165, 1.54) is 18.7 Å². The molecule has 0 fully saturated rings. The van der Waals surface area contributed by atoms with Gasteiger partial charge in [-0.2, -0.15) is 4.99 Å². The van der Waals surface area contributed by atoms with Gasteiger partial charge in [0.1, 0.15) is 0 Å². The van der Waals surface area contributed by atoms with Gasteiger partial charge >= 0.3 is 29.6 Å². The number of amides is 1. The molecule has 1 aromatic heterocycles. The monoisotopic (exact) mass is 260 g/mol. The number of sulfonamides is 1. The number of nitrogens with zero attached hydrogens (tertiary/aromatic N) is 3. The van der Waals surface area contributed by atoms with Gasteiger partial charge in [-0.05, 0) is 0 Å². The second kappa shape index (κ2) is 5.32. The Labute approximate surface area is 112 Å². The Kier molecular flexibility index (Phi) is 5.30. The number of aromatic nitrogens is 2. The van der Waals surface area contributed by atoms with E-state index < -0.39 is 15.9 Å². The van der Waals surface area contributed by atoms with Crippen LogP contribution < -0.4 is 9.94 Å². The van der Waals surface area contributed by atoms with E-state index in [4.69, 9.17) is 5.14 Å². The normalized spacial score (nSPS) is 12.3. The van der Waals surface area contributed by atoms with E-state index in [0.29, 0.717) is 0 Å². The molecule has 1 heterocycles. The standard InChI is InChI=1S/C5H8N4O3S2.Na.H/c1-3(10)7-4-9(2)8-5(13-4)14(6,11)12;;/h1-2H3,(H2,6,11,12);;/b7-4-;;. The molecule has 0 saturated carbocycles. The summed E-state index contributed by atoms with van der Waals surface area (Å²) < 4.78 is 22.7. The molecule has 0 saturated heterocycles. The Balaban J connectivity index is 0.00000196. The van der Waals surface area contributed by atoms with E-state index in [1.54, 1.807) is 0 Å². The first-order valence-electron chi connectivity index (χ1n) is 3.43. The third kappa shape index (κ3) is 4.13. The summed E-state index contributed by atoms with van der Waals surface area (Å²) >= 11 is 0.746. The number of primary sulfonamides is 1. The van der Waals surface area contributed by atoms with E-state index in [1.807, 2.05) is 0 Å². The summed E-state index contributed by atoms with van der Waals surface area (Å²) in [6.07, 6.45) is 0. The van der Waals surface area contributed by atoms with Crippen molar-refractivity contribution in [1.82, 2.24) is 9.78 Å². The zero-order chi connectivity index (χ0) is 10.9. The van der Waals surface area contributed by atoms with Crippen LogP contribution in [-0.4, -0.2) is 53.7 Å². The fourth-order valence-electron chi connectivity index (χ4n) is 0.675. The summed E-state index contributed by atoms with van der Waals surface area (Å²) in [5, 5.41) is 8.46. The van der Waals surface area contributed by atoms with Crippen molar-refractivity contribution in [1.29, 1.82) is 0 Å². The number of aryl methyl sites for hydroxylation is 1. The molecule has 0 unspecified atom stereocenters. The minimum absolute atomic E-state index is 0. The van der Waals surface area contributed by atoms with Crippen LogP contribution in [0.1, 0.15) is 6.92 Å². The molecule has 2 N–H and O–H groups in total. The summed E-state index contributed by atoms with van der Waals surface area (Å²) in [7, 11) is -2.35. The maximum absolute atomic E-state index is 10.9. The van der Waals surface area contributed by atoms with Crippen molar-refractivity contribution in [2.75, 3.05) is 0 Å². The Bertz CT molecular complexity index is 529. The SMILES string of the molecule is CC(=O)/N=c1\sc(S(N)(=O)=O)nn1C.[NaH]. The van der Waals surface area contributed by atoms with Gasteiger partial charge in [0, 0.05) is 14.0 Å². The van der Waals surface area contributed by atoms with Gasteiger partial charge in [0.2, 0.25) is 15.0 Å². The Hall–Kier alpha value is -0.0600. The van der Waals surface area contributed by atoms with Gasteiger partial charge in [-0.3, -0.25) is 4.79 Å².